The molecule has 0 fully saturated rings. The second-order valence-corrected chi connectivity index (χ2v) is 13.0. The predicted molar refractivity (Wildman–Crippen MR) is 196 cm³/mol. The van der Waals surface area contributed by atoms with Crippen molar-refractivity contribution in [1.82, 2.24) is 10.6 Å². The number of aliphatic carboxylic acids is 2. The number of hydrogen-bond acceptors (Lipinski definition) is 5. The first-order valence-corrected chi connectivity index (χ1v) is 16.8. The first kappa shape index (κ1) is 38.1. The number of anilines is 2. The second-order valence-electron chi connectivity index (χ2n) is 12.6. The molecule has 4 aromatic rings. The minimum Gasteiger partial charge on any atom is -0.480 e. The Morgan fingerprint density at radius 1 is 0.647 bits per heavy atom. The summed E-state index contributed by atoms with van der Waals surface area (Å²) in [4.78, 5) is 63.5. The maximum absolute atomic E-state index is 13.7. The van der Waals surface area contributed by atoms with E-state index in [-0.39, 0.29) is 25.2 Å². The van der Waals surface area contributed by atoms with Gasteiger partial charge in [0, 0.05) is 29.2 Å². The number of carbonyl (C=O) groups excluding carboxylic acids is 3. The number of hydrogen-bond donors (Lipinski definition) is 6. The summed E-state index contributed by atoms with van der Waals surface area (Å²) in [6, 6.07) is 26.1. The Morgan fingerprint density at radius 2 is 1.14 bits per heavy atom. The maximum atomic E-state index is 13.7. The van der Waals surface area contributed by atoms with Crippen LogP contribution in [0.3, 0.4) is 0 Å². The predicted octanol–water partition coefficient (Wildman–Crippen LogP) is 6.28. The third kappa shape index (κ3) is 12.0. The minimum atomic E-state index is -1.32. The largest absolute Gasteiger partial charge is 0.480 e. The van der Waals surface area contributed by atoms with Crippen molar-refractivity contribution in [3.05, 3.63) is 130 Å². The zero-order valence-corrected chi connectivity index (χ0v) is 29.0. The summed E-state index contributed by atoms with van der Waals surface area (Å²) in [5, 5.41) is 31.3. The van der Waals surface area contributed by atoms with Crippen molar-refractivity contribution >= 4 is 52.8 Å². The molecule has 0 aliphatic rings. The molecule has 0 saturated carbocycles. The van der Waals surface area contributed by atoms with Gasteiger partial charge in [0.25, 0.3) is 0 Å². The lowest BCUT2D eigenvalue weighted by molar-refractivity contribution is -0.142. The van der Waals surface area contributed by atoms with Crippen LogP contribution in [-0.4, -0.2) is 52.1 Å². The van der Waals surface area contributed by atoms with Crippen LogP contribution in [0.4, 0.5) is 16.2 Å². The van der Waals surface area contributed by atoms with E-state index in [1.807, 2.05) is 19.9 Å². The van der Waals surface area contributed by atoms with Gasteiger partial charge in [-0.15, -0.1) is 0 Å². The molecule has 0 aromatic heterocycles. The van der Waals surface area contributed by atoms with Crippen LogP contribution < -0.4 is 21.3 Å². The first-order valence-electron chi connectivity index (χ1n) is 16.5. The molecule has 12 heteroatoms. The Hall–Kier alpha value is -5.68. The molecule has 51 heavy (non-hydrogen) atoms. The molecule has 4 amide bonds. The number of carbonyl (C=O) groups is 5. The summed E-state index contributed by atoms with van der Waals surface area (Å²) in [6.45, 7) is 3.92. The molecule has 0 bridgehead atoms. The molecule has 0 aliphatic heterocycles. The SMILES string of the molecule is CC(C)CC(C(=O)NC(Cc1ccccc1CC(NC(=O)Cc1ccccc1)C(=O)O)C(=O)O)c1ccc(NC(=O)Nc2ccc(Cl)cc2)cc1. The van der Waals surface area contributed by atoms with Crippen LogP contribution in [0.1, 0.15) is 48.4 Å². The molecule has 0 aliphatic carbocycles. The van der Waals surface area contributed by atoms with Crippen LogP contribution in [-0.2, 0) is 38.4 Å². The summed E-state index contributed by atoms with van der Waals surface area (Å²) in [5.74, 6) is -4.00. The van der Waals surface area contributed by atoms with Crippen molar-refractivity contribution in [3.63, 3.8) is 0 Å². The summed E-state index contributed by atoms with van der Waals surface area (Å²) < 4.78 is 0. The molecule has 6 N–H and O–H groups in total. The summed E-state index contributed by atoms with van der Waals surface area (Å²) in [5.41, 5.74) is 3.49. The molecule has 0 radical (unpaired) electrons. The van der Waals surface area contributed by atoms with Gasteiger partial charge in [0.1, 0.15) is 12.1 Å². The average molecular weight is 713 g/mol. The molecule has 266 valence electrons. The molecule has 4 aromatic carbocycles. The minimum absolute atomic E-state index is 0.00975. The monoisotopic (exact) mass is 712 g/mol. The third-order valence-corrected chi connectivity index (χ3v) is 8.37. The van der Waals surface area contributed by atoms with Crippen molar-refractivity contribution in [3.8, 4) is 0 Å². The Kier molecular flexibility index (Phi) is 13.7. The van der Waals surface area contributed by atoms with Gasteiger partial charge in [0.2, 0.25) is 11.8 Å². The van der Waals surface area contributed by atoms with E-state index in [1.165, 1.54) is 0 Å². The van der Waals surface area contributed by atoms with Gasteiger partial charge < -0.3 is 31.5 Å². The lowest BCUT2D eigenvalue weighted by Crippen LogP contribution is -2.45. The maximum Gasteiger partial charge on any atom is 0.326 e. The van der Waals surface area contributed by atoms with E-state index in [0.29, 0.717) is 39.5 Å². The van der Waals surface area contributed by atoms with Gasteiger partial charge in [-0.3, -0.25) is 9.59 Å². The number of nitrogens with one attached hydrogen (secondary N) is 4. The molecule has 3 atom stereocenters. The fourth-order valence-corrected chi connectivity index (χ4v) is 5.71. The molecular formula is C39H41ClN4O7. The Morgan fingerprint density at radius 3 is 1.65 bits per heavy atom. The van der Waals surface area contributed by atoms with Gasteiger partial charge in [0.15, 0.2) is 0 Å². The molecule has 4 rings (SSSR count). The highest BCUT2D eigenvalue weighted by molar-refractivity contribution is 6.30. The van der Waals surface area contributed by atoms with Gasteiger partial charge in [-0.05, 0) is 71.0 Å². The first-order chi connectivity index (χ1) is 24.4. The van der Waals surface area contributed by atoms with Gasteiger partial charge in [0.05, 0.1) is 12.3 Å². The number of amides is 4. The van der Waals surface area contributed by atoms with Crippen molar-refractivity contribution < 1.29 is 34.2 Å². The van der Waals surface area contributed by atoms with Gasteiger partial charge >= 0.3 is 18.0 Å². The number of carboxylic acids is 2. The zero-order chi connectivity index (χ0) is 36.9. The van der Waals surface area contributed by atoms with Crippen LogP contribution in [0.5, 0.6) is 0 Å². The van der Waals surface area contributed by atoms with Crippen LogP contribution >= 0.6 is 11.6 Å². The molecular weight excluding hydrogens is 672 g/mol. The van der Waals surface area contributed by atoms with E-state index in [0.717, 1.165) is 5.56 Å². The Balaban J connectivity index is 1.44. The fourth-order valence-electron chi connectivity index (χ4n) is 5.59. The van der Waals surface area contributed by atoms with Crippen molar-refractivity contribution in [1.29, 1.82) is 0 Å². The normalized spacial score (nSPS) is 12.6. The molecule has 3 unspecified atom stereocenters. The second kappa shape index (κ2) is 18.4. The lowest BCUT2D eigenvalue weighted by atomic mass is 9.88. The molecule has 0 heterocycles. The quantitative estimate of drug-likeness (QED) is 0.0793. The van der Waals surface area contributed by atoms with E-state index in [4.69, 9.17) is 11.6 Å². The van der Waals surface area contributed by atoms with Gasteiger partial charge in [-0.1, -0.05) is 92.2 Å². The van der Waals surface area contributed by atoms with Crippen LogP contribution in [0.2, 0.25) is 5.02 Å². The average Bonchev–Trinajstić information content (AvgIpc) is 3.09. The summed E-state index contributed by atoms with van der Waals surface area (Å²) in [6.07, 6.45) is 0.249. The number of rotatable bonds is 16. The molecule has 0 spiro atoms. The molecule has 11 nitrogen and oxygen atoms in total. The highest BCUT2D eigenvalue weighted by atomic mass is 35.5. The van der Waals surface area contributed by atoms with Crippen LogP contribution in [0, 0.1) is 5.92 Å². The van der Waals surface area contributed by atoms with Crippen LogP contribution in [0.25, 0.3) is 0 Å². The van der Waals surface area contributed by atoms with E-state index in [2.05, 4.69) is 21.3 Å². The number of benzene rings is 4. The standard InChI is InChI=1S/C39H41ClN4O7/c1-24(2)20-32(26-12-16-30(17-13-26)41-39(51)42-31-18-14-29(40)15-19-31)36(46)44-34(38(49)50)23-28-11-7-6-10-27(28)22-33(37(47)48)43-35(45)21-25-8-4-3-5-9-25/h3-19,24,32-34H,20-23H2,1-2H3,(H,43,45)(H,44,46)(H,47,48)(H,49,50)(H2,41,42,51). The lowest BCUT2D eigenvalue weighted by Gasteiger charge is -2.23. The van der Waals surface area contributed by atoms with E-state index in [9.17, 15) is 34.2 Å². The van der Waals surface area contributed by atoms with E-state index >= 15 is 0 Å². The summed E-state index contributed by atoms with van der Waals surface area (Å²) in [7, 11) is 0. The Labute approximate surface area is 301 Å². The topological polar surface area (TPSA) is 174 Å². The smallest absolute Gasteiger partial charge is 0.326 e. The van der Waals surface area contributed by atoms with Gasteiger partial charge in [-0.2, -0.15) is 0 Å². The summed E-state index contributed by atoms with van der Waals surface area (Å²) >= 11 is 5.90. The van der Waals surface area contributed by atoms with E-state index in [1.54, 1.807) is 97.1 Å². The highest BCUT2D eigenvalue weighted by Crippen LogP contribution is 2.26. The Bertz CT molecular complexity index is 1820. The van der Waals surface area contributed by atoms with Crippen molar-refractivity contribution in [2.75, 3.05) is 10.6 Å². The van der Waals surface area contributed by atoms with Crippen molar-refractivity contribution in [2.24, 2.45) is 5.92 Å². The number of halogens is 1. The number of urea groups is 1. The van der Waals surface area contributed by atoms with Gasteiger partial charge in [-0.25, -0.2) is 14.4 Å². The zero-order valence-electron chi connectivity index (χ0n) is 28.3. The molecule has 0 saturated heterocycles. The van der Waals surface area contributed by atoms with Crippen molar-refractivity contribution in [2.45, 2.75) is 57.5 Å². The fraction of sp³-hybridized carbons (Fsp3) is 0.256. The van der Waals surface area contributed by atoms with E-state index < -0.39 is 47.8 Å². The highest BCUT2D eigenvalue weighted by Gasteiger charge is 2.29. The van der Waals surface area contributed by atoms with Crippen LogP contribution in [0.15, 0.2) is 103 Å². The third-order valence-electron chi connectivity index (χ3n) is 8.12. The number of carboxylic acid groups (broad SMARTS) is 2.